The van der Waals surface area contributed by atoms with Gasteiger partial charge in [0.15, 0.2) is 17.2 Å². The molecule has 4 rings (SSSR count). The van der Waals surface area contributed by atoms with Gasteiger partial charge in [-0.15, -0.1) is 0 Å². The highest BCUT2D eigenvalue weighted by molar-refractivity contribution is 7.09. The first kappa shape index (κ1) is 30.6. The molecule has 1 aliphatic carbocycles. The standard InChI is InChI=1S/C30H37N5O6S/c1-16-11-17(2)13-20(12-16)35(30(38)27-23(31)24(28(32)36)34-42-27)25(29(37)33-19-9-7-6-8-10-19)18-14-21(39-3)26(41-5)22(15-18)40-4/h11-15,19,25H,6-10,31H2,1-5H3,(H2,32,36)(H,33,37)/t25-/m1/s1. The summed E-state index contributed by atoms with van der Waals surface area (Å²) in [5.41, 5.74) is 14.0. The first-order chi connectivity index (χ1) is 20.1. The maximum Gasteiger partial charge on any atom is 0.273 e. The van der Waals surface area contributed by atoms with E-state index in [4.69, 9.17) is 25.7 Å². The van der Waals surface area contributed by atoms with Crippen LogP contribution in [0, 0.1) is 13.8 Å². The molecular weight excluding hydrogens is 558 g/mol. The molecule has 2 aromatic carbocycles. The van der Waals surface area contributed by atoms with Crippen molar-refractivity contribution in [1.29, 1.82) is 0 Å². The van der Waals surface area contributed by atoms with Gasteiger partial charge >= 0.3 is 0 Å². The second kappa shape index (κ2) is 13.1. The van der Waals surface area contributed by atoms with Crippen LogP contribution in [0.4, 0.5) is 11.4 Å². The molecule has 3 aromatic rings. The van der Waals surface area contributed by atoms with Crippen molar-refractivity contribution in [3.63, 3.8) is 0 Å². The number of benzene rings is 2. The van der Waals surface area contributed by atoms with Crippen molar-refractivity contribution < 1.29 is 28.6 Å². The molecule has 0 aliphatic heterocycles. The largest absolute Gasteiger partial charge is 0.493 e. The summed E-state index contributed by atoms with van der Waals surface area (Å²) >= 11 is 0.757. The fourth-order valence-electron chi connectivity index (χ4n) is 5.42. The second-order valence-electron chi connectivity index (χ2n) is 10.4. The van der Waals surface area contributed by atoms with Gasteiger partial charge in [-0.1, -0.05) is 25.3 Å². The van der Waals surface area contributed by atoms with Gasteiger partial charge in [-0.25, -0.2) is 0 Å². The number of nitrogen functional groups attached to an aromatic ring is 1. The number of anilines is 2. The number of methoxy groups -OCH3 is 3. The van der Waals surface area contributed by atoms with Gasteiger partial charge in [0.2, 0.25) is 11.7 Å². The molecule has 5 N–H and O–H groups in total. The smallest absolute Gasteiger partial charge is 0.273 e. The fraction of sp³-hybridized carbons (Fsp3) is 0.400. The first-order valence-electron chi connectivity index (χ1n) is 13.7. The number of aromatic nitrogens is 1. The summed E-state index contributed by atoms with van der Waals surface area (Å²) in [7, 11) is 4.45. The topological polar surface area (TPSA) is 159 Å². The van der Waals surface area contributed by atoms with E-state index in [1.807, 2.05) is 32.0 Å². The third-order valence-corrected chi connectivity index (χ3v) is 8.17. The molecule has 0 radical (unpaired) electrons. The molecular formula is C30H37N5O6S. The molecule has 1 aromatic heterocycles. The quantitative estimate of drug-likeness (QED) is 0.313. The van der Waals surface area contributed by atoms with Crippen molar-refractivity contribution in [3.8, 4) is 17.2 Å². The number of nitrogens with zero attached hydrogens (tertiary/aromatic N) is 2. The lowest BCUT2D eigenvalue weighted by atomic mass is 9.94. The lowest BCUT2D eigenvalue weighted by molar-refractivity contribution is -0.123. The molecule has 0 unspecified atom stereocenters. The average molecular weight is 596 g/mol. The van der Waals surface area contributed by atoms with Crippen molar-refractivity contribution in [1.82, 2.24) is 9.69 Å². The Balaban J connectivity index is 1.97. The van der Waals surface area contributed by atoms with Gasteiger partial charge in [0, 0.05) is 11.7 Å². The van der Waals surface area contributed by atoms with Crippen LogP contribution in [-0.2, 0) is 4.79 Å². The van der Waals surface area contributed by atoms with Crippen LogP contribution >= 0.6 is 11.5 Å². The minimum atomic E-state index is -1.19. The number of carbonyl (C=O) groups is 3. The Morgan fingerprint density at radius 1 is 0.952 bits per heavy atom. The molecule has 1 atom stereocenters. The van der Waals surface area contributed by atoms with Gasteiger partial charge in [0.1, 0.15) is 10.9 Å². The van der Waals surface area contributed by atoms with Gasteiger partial charge in [-0.2, -0.15) is 4.37 Å². The van der Waals surface area contributed by atoms with Crippen LogP contribution in [0.3, 0.4) is 0 Å². The molecule has 224 valence electrons. The van der Waals surface area contributed by atoms with E-state index in [-0.39, 0.29) is 28.2 Å². The average Bonchev–Trinajstić information content (AvgIpc) is 3.36. The molecule has 12 heteroatoms. The minimum absolute atomic E-state index is 0.00846. The van der Waals surface area contributed by atoms with E-state index in [0.717, 1.165) is 54.8 Å². The molecule has 0 spiro atoms. The number of hydrogen-bond donors (Lipinski definition) is 3. The normalized spacial score (nSPS) is 14.1. The molecule has 0 bridgehead atoms. The SMILES string of the molecule is COc1cc([C@H](C(=O)NC2CCCCC2)N(C(=O)c2snc(C(N)=O)c2N)c2cc(C)cc(C)c2)cc(OC)c1OC. The summed E-state index contributed by atoms with van der Waals surface area (Å²) in [5.74, 6) is -0.858. The third kappa shape index (κ3) is 6.28. The van der Waals surface area contributed by atoms with E-state index in [2.05, 4.69) is 9.69 Å². The predicted octanol–water partition coefficient (Wildman–Crippen LogP) is 4.30. The molecule has 3 amide bonds. The number of aryl methyl sites for hydroxylation is 2. The lowest BCUT2D eigenvalue weighted by Gasteiger charge is -2.34. The number of nitrogens with two attached hydrogens (primary N) is 2. The number of primary amides is 1. The van der Waals surface area contributed by atoms with Crippen LogP contribution in [0.1, 0.15) is 75.0 Å². The maximum absolute atomic E-state index is 14.5. The van der Waals surface area contributed by atoms with Gasteiger partial charge < -0.3 is 31.0 Å². The highest BCUT2D eigenvalue weighted by atomic mass is 32.1. The molecule has 1 saturated carbocycles. The summed E-state index contributed by atoms with van der Waals surface area (Å²) in [6.45, 7) is 3.81. The van der Waals surface area contributed by atoms with Crippen LogP contribution in [0.15, 0.2) is 30.3 Å². The summed E-state index contributed by atoms with van der Waals surface area (Å²) < 4.78 is 20.7. The zero-order valence-corrected chi connectivity index (χ0v) is 25.3. The summed E-state index contributed by atoms with van der Waals surface area (Å²) in [6.07, 6.45) is 4.81. The van der Waals surface area contributed by atoms with Crippen molar-refractivity contribution >= 4 is 40.6 Å². The van der Waals surface area contributed by atoms with Crippen molar-refractivity contribution in [2.45, 2.75) is 58.0 Å². The first-order valence-corrected chi connectivity index (χ1v) is 14.4. The molecule has 11 nitrogen and oxygen atoms in total. The van der Waals surface area contributed by atoms with E-state index in [1.165, 1.54) is 26.2 Å². The maximum atomic E-state index is 14.5. The van der Waals surface area contributed by atoms with E-state index < -0.39 is 17.9 Å². The Morgan fingerprint density at radius 3 is 2.05 bits per heavy atom. The van der Waals surface area contributed by atoms with Gasteiger partial charge in [-0.3, -0.25) is 19.3 Å². The van der Waals surface area contributed by atoms with Crippen molar-refractivity contribution in [3.05, 3.63) is 57.6 Å². The van der Waals surface area contributed by atoms with Crippen molar-refractivity contribution in [2.75, 3.05) is 32.0 Å². The number of ether oxygens (including phenoxy) is 3. The monoisotopic (exact) mass is 595 g/mol. The molecule has 1 heterocycles. The summed E-state index contributed by atoms with van der Waals surface area (Å²) in [5, 5.41) is 3.18. The molecule has 0 saturated heterocycles. The minimum Gasteiger partial charge on any atom is -0.493 e. The van der Waals surface area contributed by atoms with Crippen molar-refractivity contribution in [2.24, 2.45) is 5.73 Å². The highest BCUT2D eigenvalue weighted by Gasteiger charge is 2.38. The van der Waals surface area contributed by atoms with E-state index in [1.54, 1.807) is 12.1 Å². The van der Waals surface area contributed by atoms with Crippen LogP contribution in [0.25, 0.3) is 0 Å². The number of hydrogen-bond acceptors (Lipinski definition) is 9. The van der Waals surface area contributed by atoms with Crippen LogP contribution in [0.2, 0.25) is 0 Å². The number of carbonyl (C=O) groups excluding carboxylic acids is 3. The predicted molar refractivity (Wildman–Crippen MR) is 162 cm³/mol. The molecule has 42 heavy (non-hydrogen) atoms. The van der Waals surface area contributed by atoms with Crippen LogP contribution < -0.4 is 35.9 Å². The van der Waals surface area contributed by atoms with Crippen LogP contribution in [-0.4, -0.2) is 49.5 Å². The zero-order valence-electron chi connectivity index (χ0n) is 24.5. The van der Waals surface area contributed by atoms with Gasteiger partial charge in [-0.05, 0) is 79.2 Å². The van der Waals surface area contributed by atoms with Crippen LogP contribution in [0.5, 0.6) is 17.2 Å². The molecule has 1 fully saturated rings. The highest BCUT2D eigenvalue weighted by Crippen LogP contribution is 2.42. The lowest BCUT2D eigenvalue weighted by Crippen LogP contribution is -2.47. The fourth-order valence-corrected chi connectivity index (χ4v) is 6.16. The van der Waals surface area contributed by atoms with Gasteiger partial charge in [0.25, 0.3) is 11.8 Å². The Kier molecular flexibility index (Phi) is 9.56. The summed E-state index contributed by atoms with van der Waals surface area (Å²) in [6, 6.07) is 7.68. The second-order valence-corrected chi connectivity index (χ2v) is 11.1. The van der Waals surface area contributed by atoms with E-state index in [9.17, 15) is 14.4 Å². The number of amides is 3. The summed E-state index contributed by atoms with van der Waals surface area (Å²) in [4.78, 5) is 42.1. The number of rotatable bonds is 10. The molecule has 1 aliphatic rings. The van der Waals surface area contributed by atoms with Gasteiger partial charge in [0.05, 0.1) is 27.0 Å². The Hall–Kier alpha value is -4.32. The van der Waals surface area contributed by atoms with E-state index >= 15 is 0 Å². The Morgan fingerprint density at radius 2 is 1.55 bits per heavy atom. The third-order valence-electron chi connectivity index (χ3n) is 7.32. The Bertz CT molecular complexity index is 1440. The Labute approximate surface area is 249 Å². The number of nitrogens with one attached hydrogen (secondary N) is 1. The van der Waals surface area contributed by atoms with E-state index in [0.29, 0.717) is 28.5 Å². The zero-order chi connectivity index (χ0) is 30.6.